The van der Waals surface area contributed by atoms with Crippen LogP contribution < -0.4 is 5.32 Å². The first kappa shape index (κ1) is 15.9. The standard InChI is InChI=1S/C12H27N3O2S/c1-5-12-10-15(8-7-14(12)4)18(16,17)9-6-13-11(2)3/h11-13H,5-10H2,1-4H3. The second-order valence-corrected chi connectivity index (χ2v) is 7.41. The molecular formula is C12H27N3O2S. The highest BCUT2D eigenvalue weighted by Crippen LogP contribution is 2.14. The highest BCUT2D eigenvalue weighted by Gasteiger charge is 2.30. The molecule has 0 amide bonds. The molecule has 1 unspecified atom stereocenters. The average molecular weight is 277 g/mol. The van der Waals surface area contributed by atoms with Crippen LogP contribution in [0, 0.1) is 0 Å². The van der Waals surface area contributed by atoms with Crippen molar-refractivity contribution in [1.29, 1.82) is 0 Å². The van der Waals surface area contributed by atoms with Gasteiger partial charge in [-0.05, 0) is 13.5 Å². The Morgan fingerprint density at radius 3 is 2.56 bits per heavy atom. The maximum atomic E-state index is 12.2. The second kappa shape index (κ2) is 6.84. The lowest BCUT2D eigenvalue weighted by Gasteiger charge is -2.38. The number of likely N-dealkylation sites (N-methyl/N-ethyl adjacent to an activating group) is 1. The summed E-state index contributed by atoms with van der Waals surface area (Å²) < 4.78 is 26.1. The summed E-state index contributed by atoms with van der Waals surface area (Å²) in [4.78, 5) is 2.25. The Balaban J connectivity index is 2.52. The third-order valence-corrected chi connectivity index (χ3v) is 5.36. The van der Waals surface area contributed by atoms with Gasteiger partial charge in [0.15, 0.2) is 0 Å². The lowest BCUT2D eigenvalue weighted by atomic mass is 10.1. The zero-order valence-electron chi connectivity index (χ0n) is 12.0. The Kier molecular flexibility index (Phi) is 6.04. The van der Waals surface area contributed by atoms with Crippen LogP contribution in [0.5, 0.6) is 0 Å². The Labute approximate surface area is 112 Å². The van der Waals surface area contributed by atoms with Crippen molar-refractivity contribution in [2.75, 3.05) is 39.0 Å². The number of rotatable bonds is 6. The maximum absolute atomic E-state index is 12.2. The van der Waals surface area contributed by atoms with Crippen LogP contribution >= 0.6 is 0 Å². The molecule has 5 nitrogen and oxygen atoms in total. The molecule has 1 aliphatic heterocycles. The van der Waals surface area contributed by atoms with E-state index < -0.39 is 10.0 Å². The van der Waals surface area contributed by atoms with E-state index in [9.17, 15) is 8.42 Å². The Bertz CT molecular complexity index is 343. The number of hydrogen-bond acceptors (Lipinski definition) is 4. The fourth-order valence-electron chi connectivity index (χ4n) is 2.22. The molecule has 1 heterocycles. The minimum Gasteiger partial charge on any atom is -0.313 e. The van der Waals surface area contributed by atoms with Crippen LogP contribution in [0.2, 0.25) is 0 Å². The van der Waals surface area contributed by atoms with E-state index >= 15 is 0 Å². The van der Waals surface area contributed by atoms with E-state index in [1.807, 2.05) is 13.8 Å². The van der Waals surface area contributed by atoms with Gasteiger partial charge in [-0.3, -0.25) is 0 Å². The molecule has 0 radical (unpaired) electrons. The van der Waals surface area contributed by atoms with Crippen molar-refractivity contribution in [3.05, 3.63) is 0 Å². The number of sulfonamides is 1. The van der Waals surface area contributed by atoms with Crippen molar-refractivity contribution in [2.45, 2.75) is 39.3 Å². The lowest BCUT2D eigenvalue weighted by molar-refractivity contribution is 0.144. The fourth-order valence-corrected chi connectivity index (χ4v) is 3.61. The van der Waals surface area contributed by atoms with Gasteiger partial charge in [0.25, 0.3) is 0 Å². The first-order valence-electron chi connectivity index (χ1n) is 6.78. The summed E-state index contributed by atoms with van der Waals surface area (Å²) in [6, 6.07) is 0.683. The lowest BCUT2D eigenvalue weighted by Crippen LogP contribution is -2.53. The molecular weight excluding hydrogens is 250 g/mol. The maximum Gasteiger partial charge on any atom is 0.215 e. The van der Waals surface area contributed by atoms with Gasteiger partial charge < -0.3 is 10.2 Å². The van der Waals surface area contributed by atoms with E-state index in [0.717, 1.165) is 13.0 Å². The molecule has 18 heavy (non-hydrogen) atoms. The quantitative estimate of drug-likeness (QED) is 0.761. The van der Waals surface area contributed by atoms with Gasteiger partial charge in [-0.1, -0.05) is 20.8 Å². The number of piperazine rings is 1. The summed E-state index contributed by atoms with van der Waals surface area (Å²) in [5.74, 6) is 0.200. The molecule has 1 rings (SSSR count). The second-order valence-electron chi connectivity index (χ2n) is 5.33. The third kappa shape index (κ3) is 4.50. The molecule has 0 spiro atoms. The van der Waals surface area contributed by atoms with Crippen LogP contribution in [0.15, 0.2) is 0 Å². The van der Waals surface area contributed by atoms with Gasteiger partial charge in [0, 0.05) is 38.3 Å². The molecule has 0 aromatic heterocycles. The Morgan fingerprint density at radius 2 is 2.00 bits per heavy atom. The zero-order valence-corrected chi connectivity index (χ0v) is 12.8. The predicted molar refractivity (Wildman–Crippen MR) is 75.2 cm³/mol. The summed E-state index contributed by atoms with van der Waals surface area (Å²) in [7, 11) is -1.03. The molecule has 0 aromatic rings. The molecule has 108 valence electrons. The van der Waals surface area contributed by atoms with E-state index in [4.69, 9.17) is 0 Å². The van der Waals surface area contributed by atoms with Gasteiger partial charge in [0.2, 0.25) is 10.0 Å². The van der Waals surface area contributed by atoms with E-state index in [0.29, 0.717) is 31.7 Å². The first-order valence-corrected chi connectivity index (χ1v) is 8.39. The van der Waals surface area contributed by atoms with Crippen molar-refractivity contribution in [3.8, 4) is 0 Å². The van der Waals surface area contributed by atoms with Gasteiger partial charge >= 0.3 is 0 Å². The molecule has 0 aliphatic carbocycles. The summed E-state index contributed by atoms with van der Waals surface area (Å²) >= 11 is 0. The summed E-state index contributed by atoms with van der Waals surface area (Å²) in [5, 5.41) is 3.16. The van der Waals surface area contributed by atoms with Crippen LogP contribution in [0.4, 0.5) is 0 Å². The molecule has 1 N–H and O–H groups in total. The summed E-state index contributed by atoms with van der Waals surface area (Å²) in [5.41, 5.74) is 0. The summed E-state index contributed by atoms with van der Waals surface area (Å²) in [6.45, 7) is 8.77. The van der Waals surface area contributed by atoms with Crippen molar-refractivity contribution in [2.24, 2.45) is 0 Å². The smallest absolute Gasteiger partial charge is 0.215 e. The molecule has 0 bridgehead atoms. The molecule has 6 heteroatoms. The number of nitrogens with one attached hydrogen (secondary N) is 1. The van der Waals surface area contributed by atoms with Crippen LogP contribution in [0.25, 0.3) is 0 Å². The largest absolute Gasteiger partial charge is 0.313 e. The van der Waals surface area contributed by atoms with Crippen molar-refractivity contribution >= 4 is 10.0 Å². The highest BCUT2D eigenvalue weighted by molar-refractivity contribution is 7.89. The Hall–Kier alpha value is -0.170. The average Bonchev–Trinajstić information content (AvgIpc) is 2.28. The van der Waals surface area contributed by atoms with Gasteiger partial charge in [-0.15, -0.1) is 0 Å². The molecule has 1 atom stereocenters. The highest BCUT2D eigenvalue weighted by atomic mass is 32.2. The van der Waals surface area contributed by atoms with Gasteiger partial charge in [0.1, 0.15) is 0 Å². The minimum absolute atomic E-state index is 0.200. The van der Waals surface area contributed by atoms with Gasteiger partial charge in [-0.2, -0.15) is 4.31 Å². The van der Waals surface area contributed by atoms with Crippen LogP contribution in [0.1, 0.15) is 27.2 Å². The van der Waals surface area contributed by atoms with Crippen LogP contribution in [0.3, 0.4) is 0 Å². The first-order chi connectivity index (χ1) is 8.36. The molecule has 1 saturated heterocycles. The van der Waals surface area contributed by atoms with Crippen molar-refractivity contribution in [3.63, 3.8) is 0 Å². The summed E-state index contributed by atoms with van der Waals surface area (Å²) in [6.07, 6.45) is 0.993. The van der Waals surface area contributed by atoms with Gasteiger partial charge in [0.05, 0.1) is 5.75 Å². The monoisotopic (exact) mass is 277 g/mol. The van der Waals surface area contributed by atoms with E-state index in [-0.39, 0.29) is 5.75 Å². The topological polar surface area (TPSA) is 52.7 Å². The SMILES string of the molecule is CCC1CN(S(=O)(=O)CCNC(C)C)CCN1C. The molecule has 0 saturated carbocycles. The third-order valence-electron chi connectivity index (χ3n) is 3.52. The zero-order chi connectivity index (χ0) is 13.8. The fraction of sp³-hybridized carbons (Fsp3) is 1.00. The van der Waals surface area contributed by atoms with Crippen molar-refractivity contribution < 1.29 is 8.42 Å². The van der Waals surface area contributed by atoms with E-state index in [1.165, 1.54) is 0 Å². The van der Waals surface area contributed by atoms with Crippen LogP contribution in [-0.2, 0) is 10.0 Å². The van der Waals surface area contributed by atoms with Crippen molar-refractivity contribution in [1.82, 2.24) is 14.5 Å². The van der Waals surface area contributed by atoms with Gasteiger partial charge in [-0.25, -0.2) is 8.42 Å². The van der Waals surface area contributed by atoms with E-state index in [1.54, 1.807) is 4.31 Å². The molecule has 1 fully saturated rings. The predicted octanol–water partition coefficient (Wildman–Crippen LogP) is 0.340. The Morgan fingerprint density at radius 1 is 1.33 bits per heavy atom. The van der Waals surface area contributed by atoms with E-state index in [2.05, 4.69) is 24.2 Å². The normalized spacial score (nSPS) is 23.7. The molecule has 1 aliphatic rings. The molecule has 0 aromatic carbocycles. The number of hydrogen-bond donors (Lipinski definition) is 1. The van der Waals surface area contributed by atoms with Crippen LogP contribution in [-0.4, -0.2) is 68.7 Å². The number of nitrogens with zero attached hydrogens (tertiary/aromatic N) is 2. The minimum atomic E-state index is -3.10.